The summed E-state index contributed by atoms with van der Waals surface area (Å²) in [5.41, 5.74) is -3.41. The summed E-state index contributed by atoms with van der Waals surface area (Å²) in [6.07, 6.45) is 2.33. The van der Waals surface area contributed by atoms with Gasteiger partial charge in [0.1, 0.15) is 0 Å². The van der Waals surface area contributed by atoms with Gasteiger partial charge in [-0.2, -0.15) is 13.2 Å². The van der Waals surface area contributed by atoms with Gasteiger partial charge in [0.05, 0.1) is 0 Å². The Labute approximate surface area is 123 Å². The highest BCUT2D eigenvalue weighted by atomic mass is 32.2. The molecule has 0 saturated heterocycles. The van der Waals surface area contributed by atoms with Crippen molar-refractivity contribution in [2.24, 2.45) is 0 Å². The van der Waals surface area contributed by atoms with Crippen LogP contribution in [0, 0.1) is 0 Å². The quantitative estimate of drug-likeness (QED) is 0.625. The number of nitrogens with one attached hydrogen (secondary N) is 1. The highest BCUT2D eigenvalue weighted by molar-refractivity contribution is 8.00. The molecule has 1 aromatic carbocycles. The maximum Gasteiger partial charge on any atom is 0.441 e. The molecular formula is C13H12F3NO3S. The fraction of sp³-hybridized carbons (Fsp3) is 0.231. The summed E-state index contributed by atoms with van der Waals surface area (Å²) < 4.78 is 35.6. The second-order valence-electron chi connectivity index (χ2n) is 3.84. The highest BCUT2D eigenvalue weighted by Gasteiger charge is 2.27. The number of carbonyl (C=O) groups is 2. The topological polar surface area (TPSA) is 66.4 Å². The van der Waals surface area contributed by atoms with Crippen molar-refractivity contribution in [1.82, 2.24) is 5.32 Å². The van der Waals surface area contributed by atoms with Gasteiger partial charge in [0.2, 0.25) is 0 Å². The second kappa shape index (κ2) is 7.72. The zero-order valence-corrected chi connectivity index (χ0v) is 11.5. The summed E-state index contributed by atoms with van der Waals surface area (Å²) in [6, 6.07) is 6.01. The average Bonchev–Trinajstić information content (AvgIpc) is 2.40. The molecule has 4 nitrogen and oxygen atoms in total. The molecule has 1 amide bonds. The second-order valence-corrected chi connectivity index (χ2v) is 5.00. The van der Waals surface area contributed by atoms with Crippen LogP contribution in [0.2, 0.25) is 0 Å². The molecule has 0 unspecified atom stereocenters. The fourth-order valence-corrected chi connectivity index (χ4v) is 1.78. The number of carboxylic acids is 1. The minimum atomic E-state index is -4.30. The van der Waals surface area contributed by atoms with Gasteiger partial charge >= 0.3 is 11.5 Å². The van der Waals surface area contributed by atoms with Gasteiger partial charge in [0.25, 0.3) is 5.91 Å². The van der Waals surface area contributed by atoms with Gasteiger partial charge in [0.15, 0.2) is 0 Å². The third-order valence-corrected chi connectivity index (χ3v) is 2.98. The monoisotopic (exact) mass is 319 g/mol. The van der Waals surface area contributed by atoms with Crippen LogP contribution >= 0.6 is 11.8 Å². The molecule has 0 atom stereocenters. The standard InChI is InChI=1S/C13H12F3NO3S/c14-13(15,16)21-8-7-17-12(20)10-4-1-9(2-5-10)3-6-11(18)19/h1-6H,7-8H2,(H,17,20)(H,18,19)/b6-3+. The molecule has 0 aliphatic carbocycles. The number of carbonyl (C=O) groups excluding carboxylic acids is 1. The lowest BCUT2D eigenvalue weighted by atomic mass is 10.1. The molecule has 8 heteroatoms. The van der Waals surface area contributed by atoms with E-state index < -0.39 is 17.4 Å². The van der Waals surface area contributed by atoms with E-state index in [0.717, 1.165) is 6.08 Å². The minimum absolute atomic E-state index is 0.0936. The van der Waals surface area contributed by atoms with E-state index in [1.54, 1.807) is 12.1 Å². The summed E-state index contributed by atoms with van der Waals surface area (Å²) in [6.45, 7) is -0.0936. The maximum atomic E-state index is 11.9. The normalized spacial score (nSPS) is 11.6. The van der Waals surface area contributed by atoms with Gasteiger partial charge in [-0.3, -0.25) is 4.79 Å². The molecule has 0 radical (unpaired) electrons. The lowest BCUT2D eigenvalue weighted by Gasteiger charge is -2.07. The van der Waals surface area contributed by atoms with Crippen molar-refractivity contribution >= 4 is 29.7 Å². The summed E-state index contributed by atoms with van der Waals surface area (Å²) >= 11 is -0.197. The molecule has 0 aromatic heterocycles. The number of carboxylic acid groups (broad SMARTS) is 1. The van der Waals surface area contributed by atoms with Gasteiger partial charge in [-0.1, -0.05) is 12.1 Å². The van der Waals surface area contributed by atoms with Gasteiger partial charge < -0.3 is 10.4 Å². The molecule has 0 saturated carbocycles. The molecule has 1 rings (SSSR count). The Morgan fingerprint density at radius 3 is 2.38 bits per heavy atom. The van der Waals surface area contributed by atoms with Crippen LogP contribution in [0.15, 0.2) is 30.3 Å². The van der Waals surface area contributed by atoms with E-state index >= 15 is 0 Å². The molecule has 0 fully saturated rings. The average molecular weight is 319 g/mol. The summed E-state index contributed by atoms with van der Waals surface area (Å²) in [7, 11) is 0. The van der Waals surface area contributed by atoms with Crippen molar-refractivity contribution in [3.05, 3.63) is 41.5 Å². The Bertz CT molecular complexity index is 526. The van der Waals surface area contributed by atoms with Crippen molar-refractivity contribution in [2.75, 3.05) is 12.3 Å². The lowest BCUT2D eigenvalue weighted by Crippen LogP contribution is -2.26. The molecule has 0 aliphatic rings. The molecule has 21 heavy (non-hydrogen) atoms. The first-order chi connectivity index (χ1) is 9.78. The Morgan fingerprint density at radius 1 is 1.24 bits per heavy atom. The fourth-order valence-electron chi connectivity index (χ4n) is 1.35. The highest BCUT2D eigenvalue weighted by Crippen LogP contribution is 2.29. The molecular weight excluding hydrogens is 307 g/mol. The molecule has 0 heterocycles. The molecule has 1 aromatic rings. The molecule has 2 N–H and O–H groups in total. The van der Waals surface area contributed by atoms with Crippen molar-refractivity contribution < 1.29 is 27.9 Å². The number of rotatable bonds is 6. The molecule has 0 bridgehead atoms. The van der Waals surface area contributed by atoms with E-state index in [1.807, 2.05) is 0 Å². The van der Waals surface area contributed by atoms with Crippen LogP contribution in [0.4, 0.5) is 13.2 Å². The number of hydrogen-bond acceptors (Lipinski definition) is 3. The van der Waals surface area contributed by atoms with Crippen LogP contribution in [0.1, 0.15) is 15.9 Å². The van der Waals surface area contributed by atoms with Crippen molar-refractivity contribution in [2.45, 2.75) is 5.51 Å². The molecule has 0 aliphatic heterocycles. The SMILES string of the molecule is O=C(O)/C=C/c1ccc(C(=O)NCCSC(F)(F)F)cc1. The smallest absolute Gasteiger partial charge is 0.441 e. The molecule has 0 spiro atoms. The van der Waals surface area contributed by atoms with Crippen molar-refractivity contribution in [1.29, 1.82) is 0 Å². The van der Waals surface area contributed by atoms with Crippen LogP contribution in [0.3, 0.4) is 0 Å². The Hall–Kier alpha value is -1.96. The maximum absolute atomic E-state index is 11.9. The van der Waals surface area contributed by atoms with Crippen LogP contribution in [0.5, 0.6) is 0 Å². The van der Waals surface area contributed by atoms with Crippen molar-refractivity contribution in [3.63, 3.8) is 0 Å². The summed E-state index contributed by atoms with van der Waals surface area (Å²) in [4.78, 5) is 22.0. The van der Waals surface area contributed by atoms with Crippen LogP contribution in [0.25, 0.3) is 6.08 Å². The van der Waals surface area contributed by atoms with Gasteiger partial charge in [-0.05, 0) is 35.5 Å². The number of amides is 1. The van der Waals surface area contributed by atoms with Crippen LogP contribution in [-0.4, -0.2) is 34.8 Å². The number of thioether (sulfide) groups is 1. The van der Waals surface area contributed by atoms with Crippen LogP contribution in [-0.2, 0) is 4.79 Å². The van der Waals surface area contributed by atoms with E-state index in [4.69, 9.17) is 5.11 Å². The lowest BCUT2D eigenvalue weighted by molar-refractivity contribution is -0.131. The Kier molecular flexibility index (Phi) is 6.29. The van der Waals surface area contributed by atoms with E-state index in [-0.39, 0.29) is 24.1 Å². The van der Waals surface area contributed by atoms with Gasteiger partial charge in [-0.25, -0.2) is 4.79 Å². The first kappa shape index (κ1) is 17.1. The predicted octanol–water partition coefficient (Wildman–Crippen LogP) is 2.77. The van der Waals surface area contributed by atoms with E-state index in [1.165, 1.54) is 18.2 Å². The van der Waals surface area contributed by atoms with Gasteiger partial charge in [0, 0.05) is 23.9 Å². The zero-order chi connectivity index (χ0) is 15.9. The molecule has 114 valence electrons. The van der Waals surface area contributed by atoms with Crippen LogP contribution < -0.4 is 5.32 Å². The third-order valence-electron chi connectivity index (χ3n) is 2.24. The third kappa shape index (κ3) is 7.40. The number of halogens is 3. The van der Waals surface area contributed by atoms with Crippen molar-refractivity contribution in [3.8, 4) is 0 Å². The van der Waals surface area contributed by atoms with E-state index in [9.17, 15) is 22.8 Å². The number of hydrogen-bond donors (Lipinski definition) is 2. The van der Waals surface area contributed by atoms with E-state index in [2.05, 4.69) is 5.32 Å². The predicted molar refractivity (Wildman–Crippen MR) is 74.0 cm³/mol. The Balaban J connectivity index is 2.46. The number of alkyl halides is 3. The number of aliphatic carboxylic acids is 1. The first-order valence-electron chi connectivity index (χ1n) is 5.78. The number of benzene rings is 1. The summed E-state index contributed by atoms with van der Waals surface area (Å²) in [5, 5.41) is 10.8. The first-order valence-corrected chi connectivity index (χ1v) is 6.76. The largest absolute Gasteiger partial charge is 0.478 e. The Morgan fingerprint density at radius 2 is 1.86 bits per heavy atom. The van der Waals surface area contributed by atoms with E-state index in [0.29, 0.717) is 11.1 Å². The van der Waals surface area contributed by atoms with Gasteiger partial charge in [-0.15, -0.1) is 0 Å². The zero-order valence-electron chi connectivity index (χ0n) is 10.7. The minimum Gasteiger partial charge on any atom is -0.478 e. The summed E-state index contributed by atoms with van der Waals surface area (Å²) in [5.74, 6) is -1.82.